The van der Waals surface area contributed by atoms with Crippen molar-refractivity contribution in [3.05, 3.63) is 47.8 Å². The van der Waals surface area contributed by atoms with Crippen LogP contribution >= 0.6 is 0 Å². The predicted octanol–water partition coefficient (Wildman–Crippen LogP) is 2.68. The number of alkyl halides is 3. The first kappa shape index (κ1) is 13.1. The highest BCUT2D eigenvalue weighted by molar-refractivity contribution is 5.90. The summed E-state index contributed by atoms with van der Waals surface area (Å²) in [7, 11) is 1.11. The van der Waals surface area contributed by atoms with E-state index in [0.717, 1.165) is 17.9 Å². The second-order valence-corrected chi connectivity index (χ2v) is 3.67. The van der Waals surface area contributed by atoms with Crippen molar-refractivity contribution in [3.8, 4) is 5.69 Å². The Morgan fingerprint density at radius 3 is 2.63 bits per heavy atom. The highest BCUT2D eigenvalue weighted by Gasteiger charge is 2.35. The lowest BCUT2D eigenvalue weighted by Crippen LogP contribution is -2.13. The summed E-state index contributed by atoms with van der Waals surface area (Å²) in [6.07, 6.45) is -1.83. The number of hydrogen-bond acceptors (Lipinski definition) is 3. The largest absolute Gasteiger partial charge is 0.465 e. The Labute approximate surface area is 106 Å². The third-order valence-electron chi connectivity index (χ3n) is 2.47. The van der Waals surface area contributed by atoms with Crippen molar-refractivity contribution in [1.29, 1.82) is 0 Å². The Kier molecular flexibility index (Phi) is 3.28. The van der Waals surface area contributed by atoms with E-state index in [4.69, 9.17) is 0 Å². The number of ether oxygens (including phenoxy) is 1. The lowest BCUT2D eigenvalue weighted by molar-refractivity contribution is -0.137. The summed E-state index contributed by atoms with van der Waals surface area (Å²) in [5, 5.41) is 3.76. The molecule has 0 saturated carbocycles. The van der Waals surface area contributed by atoms with Crippen LogP contribution in [-0.2, 0) is 10.9 Å². The van der Waals surface area contributed by atoms with Crippen LogP contribution < -0.4 is 0 Å². The zero-order valence-corrected chi connectivity index (χ0v) is 9.81. The molecule has 0 aliphatic carbocycles. The smallest absolute Gasteiger partial charge is 0.418 e. The Hall–Kier alpha value is -2.31. The minimum atomic E-state index is -4.59. The van der Waals surface area contributed by atoms with Gasteiger partial charge in [0.25, 0.3) is 0 Å². The molecule has 2 rings (SSSR count). The van der Waals surface area contributed by atoms with Crippen LogP contribution in [0.25, 0.3) is 5.69 Å². The molecule has 0 amide bonds. The molecular formula is C12H9F3N2O2. The van der Waals surface area contributed by atoms with Crippen LogP contribution in [0.4, 0.5) is 13.2 Å². The molecule has 19 heavy (non-hydrogen) atoms. The fourth-order valence-corrected chi connectivity index (χ4v) is 1.62. The van der Waals surface area contributed by atoms with Gasteiger partial charge in [0.2, 0.25) is 0 Å². The summed E-state index contributed by atoms with van der Waals surface area (Å²) in [4.78, 5) is 11.3. The van der Waals surface area contributed by atoms with E-state index in [2.05, 4.69) is 9.84 Å². The van der Waals surface area contributed by atoms with Gasteiger partial charge in [-0.15, -0.1) is 0 Å². The normalized spacial score (nSPS) is 11.4. The van der Waals surface area contributed by atoms with Gasteiger partial charge >= 0.3 is 12.1 Å². The van der Waals surface area contributed by atoms with Crippen LogP contribution in [0.5, 0.6) is 0 Å². The van der Waals surface area contributed by atoms with Crippen LogP contribution in [-0.4, -0.2) is 22.9 Å². The van der Waals surface area contributed by atoms with E-state index < -0.39 is 17.7 Å². The maximum Gasteiger partial charge on any atom is 0.418 e. The first-order valence-electron chi connectivity index (χ1n) is 5.23. The van der Waals surface area contributed by atoms with Gasteiger partial charge in [0, 0.05) is 12.4 Å². The van der Waals surface area contributed by atoms with Crippen LogP contribution in [0.1, 0.15) is 15.9 Å². The summed E-state index contributed by atoms with van der Waals surface area (Å²) in [6, 6.07) is 4.71. The number of halogens is 3. The van der Waals surface area contributed by atoms with E-state index in [0.29, 0.717) is 0 Å². The van der Waals surface area contributed by atoms with E-state index in [-0.39, 0.29) is 11.3 Å². The molecule has 0 fully saturated rings. The zero-order chi connectivity index (χ0) is 14.0. The molecule has 1 aromatic carbocycles. The molecule has 0 unspecified atom stereocenters. The summed E-state index contributed by atoms with van der Waals surface area (Å²) >= 11 is 0. The van der Waals surface area contributed by atoms with Crippen LogP contribution in [0.3, 0.4) is 0 Å². The van der Waals surface area contributed by atoms with Crippen molar-refractivity contribution in [3.63, 3.8) is 0 Å². The highest BCUT2D eigenvalue weighted by atomic mass is 19.4. The molecule has 2 aromatic rings. The van der Waals surface area contributed by atoms with Gasteiger partial charge < -0.3 is 4.74 Å². The van der Waals surface area contributed by atoms with Gasteiger partial charge in [-0.1, -0.05) is 0 Å². The van der Waals surface area contributed by atoms with E-state index in [1.807, 2.05) is 0 Å². The lowest BCUT2D eigenvalue weighted by atomic mass is 10.1. The molecule has 0 N–H and O–H groups in total. The number of benzene rings is 1. The number of nitrogens with zero attached hydrogens (tertiary/aromatic N) is 2. The number of hydrogen-bond donors (Lipinski definition) is 0. The topological polar surface area (TPSA) is 44.1 Å². The average molecular weight is 270 g/mol. The highest BCUT2D eigenvalue weighted by Crippen LogP contribution is 2.34. The molecule has 0 radical (unpaired) electrons. The summed E-state index contributed by atoms with van der Waals surface area (Å²) < 4.78 is 44.5. The van der Waals surface area contributed by atoms with Gasteiger partial charge in [0.1, 0.15) is 0 Å². The minimum absolute atomic E-state index is 0.148. The third-order valence-corrected chi connectivity index (χ3v) is 2.47. The van der Waals surface area contributed by atoms with Gasteiger partial charge in [-0.3, -0.25) is 0 Å². The number of methoxy groups -OCH3 is 1. The summed E-state index contributed by atoms with van der Waals surface area (Å²) in [5.41, 5.74) is -1.25. The van der Waals surface area contributed by atoms with Crippen LogP contribution in [0, 0.1) is 0 Å². The molecule has 0 aliphatic heterocycles. The van der Waals surface area contributed by atoms with Crippen LogP contribution in [0.2, 0.25) is 0 Å². The van der Waals surface area contributed by atoms with Crippen molar-refractivity contribution in [1.82, 2.24) is 9.78 Å². The van der Waals surface area contributed by atoms with E-state index in [9.17, 15) is 18.0 Å². The second-order valence-electron chi connectivity index (χ2n) is 3.67. The van der Waals surface area contributed by atoms with Gasteiger partial charge in [-0.25, -0.2) is 9.48 Å². The molecule has 1 heterocycles. The Morgan fingerprint density at radius 2 is 2.11 bits per heavy atom. The first-order valence-corrected chi connectivity index (χ1v) is 5.23. The average Bonchev–Trinajstić information content (AvgIpc) is 2.90. The van der Waals surface area contributed by atoms with E-state index in [1.165, 1.54) is 30.6 Å². The quantitative estimate of drug-likeness (QED) is 0.788. The summed E-state index contributed by atoms with van der Waals surface area (Å²) in [6.45, 7) is 0. The predicted molar refractivity (Wildman–Crippen MR) is 59.9 cm³/mol. The van der Waals surface area contributed by atoms with Crippen molar-refractivity contribution in [2.45, 2.75) is 6.18 Å². The van der Waals surface area contributed by atoms with Gasteiger partial charge in [0.05, 0.1) is 23.9 Å². The van der Waals surface area contributed by atoms with Crippen molar-refractivity contribution < 1.29 is 22.7 Å². The number of carbonyl (C=O) groups is 1. The standard InChI is InChI=1S/C12H9F3N2O2/c1-19-11(18)8-3-4-10(17-6-2-5-16-17)9(7-8)12(13,14)15/h2-7H,1H3. The van der Waals surface area contributed by atoms with Crippen molar-refractivity contribution in [2.24, 2.45) is 0 Å². The fourth-order valence-electron chi connectivity index (χ4n) is 1.62. The van der Waals surface area contributed by atoms with E-state index >= 15 is 0 Å². The molecule has 1 aromatic heterocycles. The maximum atomic E-state index is 13.0. The number of aromatic nitrogens is 2. The molecule has 0 bridgehead atoms. The van der Waals surface area contributed by atoms with Crippen molar-refractivity contribution in [2.75, 3.05) is 7.11 Å². The Balaban J connectivity index is 2.59. The number of carbonyl (C=O) groups excluding carboxylic acids is 1. The molecule has 7 heteroatoms. The molecule has 0 aliphatic rings. The van der Waals surface area contributed by atoms with Gasteiger partial charge in [0.15, 0.2) is 0 Å². The zero-order valence-electron chi connectivity index (χ0n) is 9.81. The number of esters is 1. The maximum absolute atomic E-state index is 13.0. The second kappa shape index (κ2) is 4.75. The Bertz CT molecular complexity index is 592. The Morgan fingerprint density at radius 1 is 1.37 bits per heavy atom. The van der Waals surface area contributed by atoms with E-state index in [1.54, 1.807) is 0 Å². The summed E-state index contributed by atoms with van der Waals surface area (Å²) in [5.74, 6) is -0.822. The molecule has 0 saturated heterocycles. The SMILES string of the molecule is COC(=O)c1ccc(-n2cccn2)c(C(F)(F)F)c1. The fraction of sp³-hybridized carbons (Fsp3) is 0.167. The first-order chi connectivity index (χ1) is 8.93. The minimum Gasteiger partial charge on any atom is -0.465 e. The molecule has 4 nitrogen and oxygen atoms in total. The molecule has 100 valence electrons. The van der Waals surface area contributed by atoms with Crippen LogP contribution in [0.15, 0.2) is 36.7 Å². The molecule has 0 spiro atoms. The molecule has 0 atom stereocenters. The third kappa shape index (κ3) is 2.59. The van der Waals surface area contributed by atoms with Gasteiger partial charge in [-0.2, -0.15) is 18.3 Å². The van der Waals surface area contributed by atoms with Gasteiger partial charge in [-0.05, 0) is 24.3 Å². The lowest BCUT2D eigenvalue weighted by Gasteiger charge is -2.13. The van der Waals surface area contributed by atoms with Crippen molar-refractivity contribution >= 4 is 5.97 Å². The monoisotopic (exact) mass is 270 g/mol. The molecular weight excluding hydrogens is 261 g/mol. The number of rotatable bonds is 2.